The number of methoxy groups -OCH3 is 1. The van der Waals surface area contributed by atoms with Crippen LogP contribution in [0.2, 0.25) is 5.02 Å². The molecule has 1 amide bonds. The van der Waals surface area contributed by atoms with Gasteiger partial charge in [-0.05, 0) is 48.6 Å². The molecule has 1 atom stereocenters. The number of hydrogen-bond acceptors (Lipinski definition) is 7. The molecule has 1 saturated heterocycles. The molecule has 0 spiro atoms. The number of aromatic nitrogens is 2. The van der Waals surface area contributed by atoms with Gasteiger partial charge >= 0.3 is 0 Å². The average Bonchev–Trinajstić information content (AvgIpc) is 3.00. The molecule has 6 rings (SSSR count). The van der Waals surface area contributed by atoms with Gasteiger partial charge in [-0.2, -0.15) is 4.98 Å². The SMILES string of the molecule is COc1cc(N2CCC(C)CC2)ccc1Nc1ncc2c(n1)N(Cc1ccccc1)C(=O)C(c1c(F)cccc1Cl)O2. The molecule has 42 heavy (non-hydrogen) atoms. The zero-order valence-corrected chi connectivity index (χ0v) is 24.1. The van der Waals surface area contributed by atoms with Crippen molar-refractivity contribution in [3.05, 3.63) is 94.9 Å². The molecule has 3 aromatic carbocycles. The van der Waals surface area contributed by atoms with Crippen molar-refractivity contribution in [2.45, 2.75) is 32.4 Å². The molecule has 8 nitrogen and oxygen atoms in total. The minimum Gasteiger partial charge on any atom is -0.494 e. The number of nitrogens with one attached hydrogen (secondary N) is 1. The number of fused-ring (bicyclic) bond motifs is 1. The van der Waals surface area contributed by atoms with Crippen LogP contribution < -0.4 is 24.6 Å². The van der Waals surface area contributed by atoms with Gasteiger partial charge in [0.1, 0.15) is 11.6 Å². The normalized spacial score (nSPS) is 17.0. The molecule has 0 aliphatic carbocycles. The van der Waals surface area contributed by atoms with Crippen molar-refractivity contribution >= 4 is 40.6 Å². The average molecular weight is 588 g/mol. The van der Waals surface area contributed by atoms with Crippen LogP contribution in [0.1, 0.15) is 37.0 Å². The van der Waals surface area contributed by atoms with Crippen LogP contribution in [0.4, 0.5) is 27.5 Å². The van der Waals surface area contributed by atoms with Crippen LogP contribution in [0.3, 0.4) is 0 Å². The molecular weight excluding hydrogens is 557 g/mol. The second-order valence-electron chi connectivity index (χ2n) is 10.6. The fourth-order valence-corrected chi connectivity index (χ4v) is 5.61. The Balaban J connectivity index is 1.32. The summed E-state index contributed by atoms with van der Waals surface area (Å²) in [4.78, 5) is 26.8. The molecule has 1 aromatic heterocycles. The Hall–Kier alpha value is -4.37. The van der Waals surface area contributed by atoms with E-state index >= 15 is 0 Å². The van der Waals surface area contributed by atoms with Crippen LogP contribution in [0.25, 0.3) is 0 Å². The lowest BCUT2D eigenvalue weighted by molar-refractivity contribution is -0.127. The lowest BCUT2D eigenvalue weighted by Gasteiger charge is -2.34. The predicted octanol–water partition coefficient (Wildman–Crippen LogP) is 6.92. The van der Waals surface area contributed by atoms with Crippen LogP contribution in [0.15, 0.2) is 72.9 Å². The first kappa shape index (κ1) is 27.8. The van der Waals surface area contributed by atoms with Crippen LogP contribution in [-0.2, 0) is 11.3 Å². The number of carbonyl (C=O) groups is 1. The van der Waals surface area contributed by atoms with E-state index in [-0.39, 0.29) is 34.6 Å². The highest BCUT2D eigenvalue weighted by atomic mass is 35.5. The fraction of sp³-hybridized carbons (Fsp3) is 0.281. The molecule has 1 N–H and O–H groups in total. The summed E-state index contributed by atoms with van der Waals surface area (Å²) >= 11 is 6.33. The van der Waals surface area contributed by atoms with Crippen LogP contribution in [0.5, 0.6) is 11.5 Å². The first-order chi connectivity index (χ1) is 20.4. The molecule has 0 bridgehead atoms. The molecule has 0 radical (unpaired) electrons. The maximum atomic E-state index is 14.9. The third-order valence-corrected chi connectivity index (χ3v) is 8.08. The van der Waals surface area contributed by atoms with Gasteiger partial charge in [0.25, 0.3) is 5.91 Å². The van der Waals surface area contributed by atoms with Crippen molar-refractivity contribution < 1.29 is 18.7 Å². The predicted molar refractivity (Wildman–Crippen MR) is 161 cm³/mol. The number of benzene rings is 3. The van der Waals surface area contributed by atoms with E-state index in [4.69, 9.17) is 21.1 Å². The standard InChI is InChI=1S/C32H31ClFN5O3/c1-20-13-15-38(16-14-20)22-11-12-25(26(17-22)41-2)36-32-35-18-27-30(37-32)39(19-21-7-4-3-5-8-21)31(40)29(42-27)28-23(33)9-6-10-24(28)34/h3-12,17-18,20,29H,13-16,19H2,1-2H3,(H,35,36,37). The Morgan fingerprint density at radius 3 is 2.62 bits per heavy atom. The molecule has 2 aliphatic heterocycles. The smallest absolute Gasteiger partial charge is 0.274 e. The largest absolute Gasteiger partial charge is 0.494 e. The van der Waals surface area contributed by atoms with Crippen molar-refractivity contribution in [3.8, 4) is 11.5 Å². The van der Waals surface area contributed by atoms with Crippen LogP contribution >= 0.6 is 11.6 Å². The number of rotatable bonds is 7. The summed E-state index contributed by atoms with van der Waals surface area (Å²) in [6.07, 6.45) is 2.51. The van der Waals surface area contributed by atoms with Crippen molar-refractivity contribution in [1.29, 1.82) is 0 Å². The van der Waals surface area contributed by atoms with Gasteiger partial charge in [0.2, 0.25) is 12.1 Å². The van der Waals surface area contributed by atoms with Gasteiger partial charge in [-0.15, -0.1) is 0 Å². The fourth-order valence-electron chi connectivity index (χ4n) is 5.35. The second-order valence-corrected chi connectivity index (χ2v) is 11.0. The van der Waals surface area contributed by atoms with Crippen LogP contribution in [0, 0.1) is 11.7 Å². The molecule has 3 heterocycles. The van der Waals surface area contributed by atoms with Crippen molar-refractivity contribution in [3.63, 3.8) is 0 Å². The zero-order chi connectivity index (χ0) is 29.2. The number of hydrogen-bond donors (Lipinski definition) is 1. The summed E-state index contributed by atoms with van der Waals surface area (Å²) in [5.74, 6) is 1.03. The summed E-state index contributed by atoms with van der Waals surface area (Å²) in [7, 11) is 1.62. The van der Waals surface area contributed by atoms with Gasteiger partial charge in [-0.25, -0.2) is 9.37 Å². The van der Waals surface area contributed by atoms with Crippen LogP contribution in [-0.4, -0.2) is 36.1 Å². The Kier molecular flexibility index (Phi) is 7.84. The van der Waals surface area contributed by atoms with Gasteiger partial charge in [0.15, 0.2) is 11.6 Å². The van der Waals surface area contributed by atoms with Gasteiger partial charge < -0.3 is 19.7 Å². The molecular formula is C32H31ClFN5O3. The lowest BCUT2D eigenvalue weighted by Crippen LogP contribution is -2.42. The van der Waals surface area contributed by atoms with Crippen molar-refractivity contribution in [2.24, 2.45) is 5.92 Å². The molecule has 4 aromatic rings. The number of halogens is 2. The Bertz CT molecular complexity index is 1580. The number of anilines is 4. The topological polar surface area (TPSA) is 79.8 Å². The molecule has 1 unspecified atom stereocenters. The minimum absolute atomic E-state index is 0.0249. The zero-order valence-electron chi connectivity index (χ0n) is 23.4. The molecule has 2 aliphatic rings. The van der Waals surface area contributed by atoms with E-state index < -0.39 is 17.8 Å². The number of carbonyl (C=O) groups excluding carboxylic acids is 1. The van der Waals surface area contributed by atoms with E-state index in [9.17, 15) is 9.18 Å². The monoisotopic (exact) mass is 587 g/mol. The molecule has 216 valence electrons. The van der Waals surface area contributed by atoms with Gasteiger partial charge in [0.05, 0.1) is 36.1 Å². The van der Waals surface area contributed by atoms with E-state index in [0.29, 0.717) is 11.4 Å². The van der Waals surface area contributed by atoms with E-state index in [1.54, 1.807) is 7.11 Å². The first-order valence-corrected chi connectivity index (χ1v) is 14.3. The lowest BCUT2D eigenvalue weighted by atomic mass is 9.99. The Labute approximate surface area is 249 Å². The minimum atomic E-state index is -1.29. The van der Waals surface area contributed by atoms with Gasteiger partial charge in [-0.1, -0.05) is 54.9 Å². The Morgan fingerprint density at radius 2 is 1.88 bits per heavy atom. The number of piperidine rings is 1. The Morgan fingerprint density at radius 1 is 1.10 bits per heavy atom. The highest BCUT2D eigenvalue weighted by Gasteiger charge is 2.39. The summed E-state index contributed by atoms with van der Waals surface area (Å²) in [5, 5.41) is 3.33. The third-order valence-electron chi connectivity index (χ3n) is 7.75. The summed E-state index contributed by atoms with van der Waals surface area (Å²) in [6, 6.07) is 19.8. The molecule has 1 fully saturated rings. The van der Waals surface area contributed by atoms with E-state index in [2.05, 4.69) is 33.2 Å². The summed E-state index contributed by atoms with van der Waals surface area (Å²) in [5.41, 5.74) is 2.62. The van der Waals surface area contributed by atoms with Crippen molar-refractivity contribution in [2.75, 3.05) is 35.3 Å². The number of nitrogens with zero attached hydrogens (tertiary/aromatic N) is 4. The maximum Gasteiger partial charge on any atom is 0.274 e. The number of ether oxygens (including phenoxy) is 2. The summed E-state index contributed by atoms with van der Waals surface area (Å²) < 4.78 is 26.6. The highest BCUT2D eigenvalue weighted by Crippen LogP contribution is 2.41. The molecule has 10 heteroatoms. The maximum absolute atomic E-state index is 14.9. The van der Waals surface area contributed by atoms with E-state index in [1.807, 2.05) is 42.5 Å². The van der Waals surface area contributed by atoms with E-state index in [1.165, 1.54) is 29.3 Å². The molecule has 0 saturated carbocycles. The third kappa shape index (κ3) is 5.56. The highest BCUT2D eigenvalue weighted by molar-refractivity contribution is 6.31. The quantitative estimate of drug-likeness (QED) is 0.251. The first-order valence-electron chi connectivity index (χ1n) is 13.9. The van der Waals surface area contributed by atoms with Crippen molar-refractivity contribution in [1.82, 2.24) is 9.97 Å². The number of amides is 1. The summed E-state index contributed by atoms with van der Waals surface area (Å²) in [6.45, 7) is 4.50. The second kappa shape index (κ2) is 11.9. The van der Waals surface area contributed by atoms with E-state index in [0.717, 1.165) is 43.1 Å². The van der Waals surface area contributed by atoms with Gasteiger partial charge in [-0.3, -0.25) is 9.69 Å². The van der Waals surface area contributed by atoms with Gasteiger partial charge in [0, 0.05) is 24.8 Å².